The van der Waals surface area contributed by atoms with Gasteiger partial charge in [0.15, 0.2) is 0 Å². The standard InChI is InChI=1S/C22H24FN3O3/c23-17-6-4-16(5-7-17)22(28)26-12-10-19(11-13-26)29-20-9-8-18(14-24-20)25-21(27)15-2-1-3-15/h4-9,14-15,19H,1-3,10-13H2,(H,25,27). The van der Waals surface area contributed by atoms with Gasteiger partial charge in [0, 0.05) is 43.5 Å². The van der Waals surface area contributed by atoms with Crippen molar-refractivity contribution in [3.8, 4) is 5.88 Å². The number of nitrogens with zero attached hydrogens (tertiary/aromatic N) is 2. The van der Waals surface area contributed by atoms with E-state index >= 15 is 0 Å². The van der Waals surface area contributed by atoms with Gasteiger partial charge in [-0.05, 0) is 43.2 Å². The summed E-state index contributed by atoms with van der Waals surface area (Å²) in [6.45, 7) is 1.16. The molecule has 6 nitrogen and oxygen atoms in total. The van der Waals surface area contributed by atoms with Gasteiger partial charge in [-0.15, -0.1) is 0 Å². The van der Waals surface area contributed by atoms with Crippen molar-refractivity contribution in [1.82, 2.24) is 9.88 Å². The maximum atomic E-state index is 13.0. The Morgan fingerprint density at radius 2 is 1.76 bits per heavy atom. The molecule has 2 aliphatic rings. The lowest BCUT2D eigenvalue weighted by Gasteiger charge is -2.32. The van der Waals surface area contributed by atoms with Gasteiger partial charge in [-0.25, -0.2) is 9.37 Å². The fourth-order valence-electron chi connectivity index (χ4n) is 3.56. The first-order valence-electron chi connectivity index (χ1n) is 10.1. The Bertz CT molecular complexity index is 858. The van der Waals surface area contributed by atoms with Crippen LogP contribution in [0.15, 0.2) is 42.6 Å². The van der Waals surface area contributed by atoms with Crippen molar-refractivity contribution >= 4 is 17.5 Å². The lowest BCUT2D eigenvalue weighted by Crippen LogP contribution is -2.41. The van der Waals surface area contributed by atoms with Crippen LogP contribution in [0.5, 0.6) is 5.88 Å². The molecule has 1 saturated heterocycles. The number of anilines is 1. The van der Waals surface area contributed by atoms with Crippen LogP contribution in [0.25, 0.3) is 0 Å². The third-order valence-corrected chi connectivity index (χ3v) is 5.59. The lowest BCUT2D eigenvalue weighted by atomic mass is 9.85. The number of hydrogen-bond donors (Lipinski definition) is 1. The van der Waals surface area contributed by atoms with Crippen LogP contribution in [-0.2, 0) is 4.79 Å². The second-order valence-corrected chi connectivity index (χ2v) is 7.62. The van der Waals surface area contributed by atoms with Crippen LogP contribution in [0.1, 0.15) is 42.5 Å². The molecule has 1 aliphatic carbocycles. The van der Waals surface area contributed by atoms with Gasteiger partial charge in [0.1, 0.15) is 11.9 Å². The van der Waals surface area contributed by atoms with Crippen molar-refractivity contribution in [2.24, 2.45) is 5.92 Å². The third kappa shape index (κ3) is 4.72. The summed E-state index contributed by atoms with van der Waals surface area (Å²) in [6.07, 6.45) is 6.04. The molecule has 29 heavy (non-hydrogen) atoms. The quantitative estimate of drug-likeness (QED) is 0.836. The normalized spacial score (nSPS) is 17.5. The van der Waals surface area contributed by atoms with E-state index in [1.807, 2.05) is 0 Å². The van der Waals surface area contributed by atoms with Crippen molar-refractivity contribution < 1.29 is 18.7 Å². The summed E-state index contributed by atoms with van der Waals surface area (Å²) >= 11 is 0. The van der Waals surface area contributed by atoms with Crippen LogP contribution in [0.2, 0.25) is 0 Å². The molecular weight excluding hydrogens is 373 g/mol. The maximum absolute atomic E-state index is 13.0. The van der Waals surface area contributed by atoms with Crippen molar-refractivity contribution in [1.29, 1.82) is 0 Å². The van der Waals surface area contributed by atoms with Crippen molar-refractivity contribution in [2.45, 2.75) is 38.2 Å². The van der Waals surface area contributed by atoms with E-state index in [0.717, 1.165) is 19.3 Å². The molecule has 0 radical (unpaired) electrons. The number of halogens is 1. The zero-order valence-corrected chi connectivity index (χ0v) is 16.1. The number of benzene rings is 1. The summed E-state index contributed by atoms with van der Waals surface area (Å²) in [4.78, 5) is 30.5. The van der Waals surface area contributed by atoms with Crippen LogP contribution in [0.3, 0.4) is 0 Å². The number of aromatic nitrogens is 1. The van der Waals surface area contributed by atoms with Gasteiger partial charge in [-0.2, -0.15) is 0 Å². The van der Waals surface area contributed by atoms with E-state index in [-0.39, 0.29) is 29.7 Å². The van der Waals surface area contributed by atoms with Gasteiger partial charge in [-0.1, -0.05) is 6.42 Å². The van der Waals surface area contributed by atoms with E-state index in [0.29, 0.717) is 43.1 Å². The zero-order valence-electron chi connectivity index (χ0n) is 16.1. The summed E-state index contributed by atoms with van der Waals surface area (Å²) in [5.41, 5.74) is 1.17. The molecule has 1 aliphatic heterocycles. The van der Waals surface area contributed by atoms with Gasteiger partial charge in [0.05, 0.1) is 11.9 Å². The first-order chi connectivity index (χ1) is 14.1. The number of nitrogens with one attached hydrogen (secondary N) is 1. The van der Waals surface area contributed by atoms with E-state index in [9.17, 15) is 14.0 Å². The average Bonchev–Trinajstić information content (AvgIpc) is 2.69. The average molecular weight is 397 g/mol. The summed E-state index contributed by atoms with van der Waals surface area (Å²) in [5.74, 6) is 0.261. The Hall–Kier alpha value is -2.96. The molecule has 0 spiro atoms. The fraction of sp³-hybridized carbons (Fsp3) is 0.409. The minimum absolute atomic E-state index is 0.0183. The molecule has 1 saturated carbocycles. The number of likely N-dealkylation sites (tertiary alicyclic amines) is 1. The Labute approximate surface area is 169 Å². The minimum atomic E-state index is -0.352. The van der Waals surface area contributed by atoms with Gasteiger partial charge in [0.25, 0.3) is 5.91 Å². The number of carbonyl (C=O) groups is 2. The van der Waals surface area contributed by atoms with Crippen LogP contribution in [0.4, 0.5) is 10.1 Å². The monoisotopic (exact) mass is 397 g/mol. The molecular formula is C22H24FN3O3. The molecule has 4 rings (SSSR count). The van der Waals surface area contributed by atoms with Crippen LogP contribution < -0.4 is 10.1 Å². The van der Waals surface area contributed by atoms with E-state index < -0.39 is 0 Å². The molecule has 0 atom stereocenters. The Morgan fingerprint density at radius 3 is 2.34 bits per heavy atom. The highest BCUT2D eigenvalue weighted by Crippen LogP contribution is 2.27. The zero-order chi connectivity index (χ0) is 20.2. The summed E-state index contributed by atoms with van der Waals surface area (Å²) in [7, 11) is 0. The minimum Gasteiger partial charge on any atom is -0.474 e. The SMILES string of the molecule is O=C(Nc1ccc(OC2CCN(C(=O)c3ccc(F)cc3)CC2)nc1)C1CCC1. The highest BCUT2D eigenvalue weighted by Gasteiger charge is 2.26. The number of piperidine rings is 1. The second-order valence-electron chi connectivity index (χ2n) is 7.62. The summed E-state index contributed by atoms with van der Waals surface area (Å²) < 4.78 is 19.0. The van der Waals surface area contributed by atoms with Crippen molar-refractivity contribution in [3.05, 3.63) is 54.0 Å². The molecule has 2 fully saturated rings. The highest BCUT2D eigenvalue weighted by molar-refractivity contribution is 5.94. The van der Waals surface area contributed by atoms with Gasteiger partial charge >= 0.3 is 0 Å². The van der Waals surface area contributed by atoms with E-state index in [2.05, 4.69) is 10.3 Å². The fourth-order valence-corrected chi connectivity index (χ4v) is 3.56. The predicted molar refractivity (Wildman–Crippen MR) is 106 cm³/mol. The largest absolute Gasteiger partial charge is 0.474 e. The number of rotatable bonds is 5. The van der Waals surface area contributed by atoms with E-state index in [4.69, 9.17) is 4.74 Å². The molecule has 0 bridgehead atoms. The number of ether oxygens (including phenoxy) is 1. The Morgan fingerprint density at radius 1 is 1.03 bits per heavy atom. The molecule has 1 aromatic carbocycles. The smallest absolute Gasteiger partial charge is 0.253 e. The molecule has 152 valence electrons. The lowest BCUT2D eigenvalue weighted by molar-refractivity contribution is -0.122. The van der Waals surface area contributed by atoms with Gasteiger partial charge in [-0.3, -0.25) is 9.59 Å². The topological polar surface area (TPSA) is 71.5 Å². The predicted octanol–water partition coefficient (Wildman–Crippen LogP) is 3.64. The molecule has 1 aromatic heterocycles. The Balaban J connectivity index is 1.25. The molecule has 0 unspecified atom stereocenters. The van der Waals surface area contributed by atoms with Crippen LogP contribution in [-0.4, -0.2) is 40.9 Å². The number of amides is 2. The number of carbonyl (C=O) groups excluding carboxylic acids is 2. The summed E-state index contributed by atoms with van der Waals surface area (Å²) in [5, 5.41) is 2.89. The second kappa shape index (κ2) is 8.59. The number of pyridine rings is 1. The van der Waals surface area contributed by atoms with E-state index in [1.54, 1.807) is 23.2 Å². The number of hydrogen-bond acceptors (Lipinski definition) is 4. The van der Waals surface area contributed by atoms with Crippen molar-refractivity contribution in [3.63, 3.8) is 0 Å². The molecule has 2 heterocycles. The Kier molecular flexibility index (Phi) is 5.74. The molecule has 1 N–H and O–H groups in total. The van der Waals surface area contributed by atoms with Crippen molar-refractivity contribution in [2.75, 3.05) is 18.4 Å². The first kappa shape index (κ1) is 19.4. The molecule has 2 aromatic rings. The maximum Gasteiger partial charge on any atom is 0.253 e. The first-order valence-corrected chi connectivity index (χ1v) is 10.1. The highest BCUT2D eigenvalue weighted by atomic mass is 19.1. The van der Waals surface area contributed by atoms with Crippen LogP contribution in [0, 0.1) is 11.7 Å². The van der Waals surface area contributed by atoms with Gasteiger partial charge < -0.3 is 15.0 Å². The van der Waals surface area contributed by atoms with E-state index in [1.165, 1.54) is 24.3 Å². The molecule has 7 heteroatoms. The molecule has 2 amide bonds. The summed E-state index contributed by atoms with van der Waals surface area (Å²) in [6, 6.07) is 9.17. The van der Waals surface area contributed by atoms with Crippen LogP contribution >= 0.6 is 0 Å². The van der Waals surface area contributed by atoms with Gasteiger partial charge in [0.2, 0.25) is 11.8 Å². The third-order valence-electron chi connectivity index (χ3n) is 5.59.